The van der Waals surface area contributed by atoms with Gasteiger partial charge < -0.3 is 14.0 Å². The first-order valence-corrected chi connectivity index (χ1v) is 8.22. The van der Waals surface area contributed by atoms with Crippen molar-refractivity contribution >= 4 is 5.91 Å². The molecule has 8 nitrogen and oxygen atoms in total. The molecular formula is C17H20F3N3O5. The lowest BCUT2D eigenvalue weighted by molar-refractivity contribution is -0.192. The zero-order valence-electron chi connectivity index (χ0n) is 15.5. The van der Waals surface area contributed by atoms with Crippen LogP contribution in [0.5, 0.6) is 0 Å². The lowest BCUT2D eigenvalue weighted by atomic mass is 10.1. The van der Waals surface area contributed by atoms with Gasteiger partial charge in [-0.05, 0) is 12.5 Å². The van der Waals surface area contributed by atoms with E-state index in [2.05, 4.69) is 14.7 Å². The summed E-state index contributed by atoms with van der Waals surface area (Å²) >= 11 is 0. The molecule has 1 amide bonds. The predicted molar refractivity (Wildman–Crippen MR) is 89.7 cm³/mol. The Hall–Kier alpha value is -2.50. The summed E-state index contributed by atoms with van der Waals surface area (Å²) in [5.41, 5.74) is 1.03. The molecule has 0 saturated heterocycles. The SMILES string of the molecule is COCCOCC(=O)N(OC)C(C)c1ccc(-c2noc(C(F)(F)F)n2)cc1. The van der Waals surface area contributed by atoms with Crippen molar-refractivity contribution in [2.45, 2.75) is 19.1 Å². The van der Waals surface area contributed by atoms with Gasteiger partial charge in [-0.2, -0.15) is 18.2 Å². The van der Waals surface area contributed by atoms with E-state index < -0.39 is 18.1 Å². The molecule has 0 N–H and O–H groups in total. The van der Waals surface area contributed by atoms with Crippen LogP contribution in [0.1, 0.15) is 24.4 Å². The van der Waals surface area contributed by atoms with Crippen molar-refractivity contribution in [1.29, 1.82) is 0 Å². The van der Waals surface area contributed by atoms with E-state index in [-0.39, 0.29) is 24.9 Å². The van der Waals surface area contributed by atoms with E-state index in [1.807, 2.05) is 0 Å². The van der Waals surface area contributed by atoms with Gasteiger partial charge in [0.25, 0.3) is 5.91 Å². The molecule has 0 aliphatic carbocycles. The van der Waals surface area contributed by atoms with Gasteiger partial charge >= 0.3 is 12.1 Å². The third-order valence-corrected chi connectivity index (χ3v) is 3.77. The molecule has 1 aromatic carbocycles. The number of ether oxygens (including phenoxy) is 2. The number of amides is 1. The summed E-state index contributed by atoms with van der Waals surface area (Å²) in [6.45, 7) is 2.20. The number of nitrogens with zero attached hydrogens (tertiary/aromatic N) is 3. The number of methoxy groups -OCH3 is 1. The summed E-state index contributed by atoms with van der Waals surface area (Å²) in [5, 5.41) is 4.48. The molecular weight excluding hydrogens is 383 g/mol. The predicted octanol–water partition coefficient (Wildman–Crippen LogP) is 2.87. The summed E-state index contributed by atoms with van der Waals surface area (Å²) in [6, 6.07) is 5.87. The normalized spacial score (nSPS) is 12.8. The number of carbonyl (C=O) groups excluding carboxylic acids is 1. The molecule has 0 fully saturated rings. The second kappa shape index (κ2) is 9.62. The molecule has 0 aliphatic rings. The number of hydrogen-bond donors (Lipinski definition) is 0. The topological polar surface area (TPSA) is 86.9 Å². The maximum atomic E-state index is 12.6. The maximum absolute atomic E-state index is 12.6. The van der Waals surface area contributed by atoms with Crippen LogP contribution in [-0.2, 0) is 25.3 Å². The van der Waals surface area contributed by atoms with E-state index in [1.54, 1.807) is 19.1 Å². The van der Waals surface area contributed by atoms with Crippen molar-refractivity contribution in [3.63, 3.8) is 0 Å². The van der Waals surface area contributed by atoms with Crippen LogP contribution in [-0.4, -0.2) is 55.2 Å². The summed E-state index contributed by atoms with van der Waals surface area (Å²) in [6.07, 6.45) is -4.70. The highest BCUT2D eigenvalue weighted by Crippen LogP contribution is 2.30. The van der Waals surface area contributed by atoms with Crippen molar-refractivity contribution in [2.24, 2.45) is 0 Å². The van der Waals surface area contributed by atoms with Crippen LogP contribution in [0, 0.1) is 0 Å². The Morgan fingerprint density at radius 1 is 1.21 bits per heavy atom. The Morgan fingerprint density at radius 2 is 1.89 bits per heavy atom. The molecule has 0 saturated carbocycles. The molecule has 28 heavy (non-hydrogen) atoms. The number of hydroxylamine groups is 2. The zero-order valence-corrected chi connectivity index (χ0v) is 15.5. The monoisotopic (exact) mass is 403 g/mol. The van der Waals surface area contributed by atoms with E-state index in [1.165, 1.54) is 26.4 Å². The lowest BCUT2D eigenvalue weighted by Gasteiger charge is -2.26. The van der Waals surface area contributed by atoms with E-state index in [0.29, 0.717) is 17.7 Å². The molecule has 0 aliphatic heterocycles. The Labute approximate surface area is 159 Å². The maximum Gasteiger partial charge on any atom is 0.471 e. The standard InChI is InChI=1S/C17H20F3N3O5/c1-11(23(26-3)14(24)10-27-9-8-25-2)12-4-6-13(7-5-12)15-21-16(28-22-15)17(18,19)20/h4-7,11H,8-10H2,1-3H3. The molecule has 2 aromatic rings. The number of carbonyl (C=O) groups is 1. The lowest BCUT2D eigenvalue weighted by Crippen LogP contribution is -2.35. The van der Waals surface area contributed by atoms with Gasteiger partial charge in [0.05, 0.1) is 26.4 Å². The van der Waals surface area contributed by atoms with Crippen molar-refractivity contribution in [3.8, 4) is 11.4 Å². The molecule has 0 radical (unpaired) electrons. The zero-order chi connectivity index (χ0) is 20.7. The largest absolute Gasteiger partial charge is 0.471 e. The molecule has 1 aromatic heterocycles. The smallest absolute Gasteiger partial charge is 0.382 e. The van der Waals surface area contributed by atoms with Gasteiger partial charge in [-0.15, -0.1) is 0 Å². The molecule has 11 heteroatoms. The molecule has 154 valence electrons. The Kier molecular flexibility index (Phi) is 7.49. The van der Waals surface area contributed by atoms with Gasteiger partial charge in [0.2, 0.25) is 5.82 Å². The molecule has 1 heterocycles. The van der Waals surface area contributed by atoms with E-state index in [0.717, 1.165) is 5.06 Å². The van der Waals surface area contributed by atoms with Crippen LogP contribution in [0.25, 0.3) is 11.4 Å². The van der Waals surface area contributed by atoms with Crippen molar-refractivity contribution in [2.75, 3.05) is 34.0 Å². The molecule has 1 atom stereocenters. The number of rotatable bonds is 9. The van der Waals surface area contributed by atoms with Crippen molar-refractivity contribution in [3.05, 3.63) is 35.7 Å². The summed E-state index contributed by atoms with van der Waals surface area (Å²) in [4.78, 5) is 20.7. The number of benzene rings is 1. The quantitative estimate of drug-likeness (QED) is 0.470. The first kappa shape index (κ1) is 21.8. The first-order chi connectivity index (χ1) is 13.3. The van der Waals surface area contributed by atoms with Gasteiger partial charge in [-0.3, -0.25) is 9.63 Å². The Balaban J connectivity index is 2.06. The van der Waals surface area contributed by atoms with Gasteiger partial charge in [0.15, 0.2) is 0 Å². The van der Waals surface area contributed by atoms with E-state index in [4.69, 9.17) is 14.3 Å². The third kappa shape index (κ3) is 5.50. The number of hydrogen-bond acceptors (Lipinski definition) is 7. The minimum atomic E-state index is -4.70. The molecule has 2 rings (SSSR count). The highest BCUT2D eigenvalue weighted by molar-refractivity contribution is 5.76. The van der Waals surface area contributed by atoms with Gasteiger partial charge in [0.1, 0.15) is 6.61 Å². The highest BCUT2D eigenvalue weighted by atomic mass is 19.4. The second-order valence-corrected chi connectivity index (χ2v) is 5.67. The second-order valence-electron chi connectivity index (χ2n) is 5.67. The van der Waals surface area contributed by atoms with E-state index in [9.17, 15) is 18.0 Å². The van der Waals surface area contributed by atoms with Crippen LogP contribution >= 0.6 is 0 Å². The Morgan fingerprint density at radius 3 is 2.43 bits per heavy atom. The summed E-state index contributed by atoms with van der Waals surface area (Å²) in [5.74, 6) is -1.98. The van der Waals surface area contributed by atoms with Crippen LogP contribution in [0.4, 0.5) is 13.2 Å². The van der Waals surface area contributed by atoms with Crippen molar-refractivity contribution < 1.29 is 36.8 Å². The van der Waals surface area contributed by atoms with Crippen molar-refractivity contribution in [1.82, 2.24) is 15.2 Å². The summed E-state index contributed by atoms with van der Waals surface area (Å²) in [7, 11) is 2.88. The Bertz CT molecular complexity index is 764. The van der Waals surface area contributed by atoms with Crippen LogP contribution in [0.15, 0.2) is 28.8 Å². The minimum Gasteiger partial charge on any atom is -0.382 e. The fourth-order valence-corrected chi connectivity index (χ4v) is 2.34. The highest BCUT2D eigenvalue weighted by Gasteiger charge is 2.38. The van der Waals surface area contributed by atoms with Gasteiger partial charge in [0, 0.05) is 12.7 Å². The van der Waals surface area contributed by atoms with Crippen LogP contribution < -0.4 is 0 Å². The average molecular weight is 403 g/mol. The fourth-order valence-electron chi connectivity index (χ4n) is 2.34. The first-order valence-electron chi connectivity index (χ1n) is 8.22. The molecule has 1 unspecified atom stereocenters. The van der Waals surface area contributed by atoms with E-state index >= 15 is 0 Å². The van der Waals surface area contributed by atoms with Crippen LogP contribution in [0.3, 0.4) is 0 Å². The molecule has 0 bridgehead atoms. The number of alkyl halides is 3. The molecule has 0 spiro atoms. The van der Waals surface area contributed by atoms with Crippen LogP contribution in [0.2, 0.25) is 0 Å². The third-order valence-electron chi connectivity index (χ3n) is 3.77. The van der Waals surface area contributed by atoms with Gasteiger partial charge in [-0.25, -0.2) is 5.06 Å². The average Bonchev–Trinajstić information content (AvgIpc) is 3.16. The summed E-state index contributed by atoms with van der Waals surface area (Å²) < 4.78 is 51.9. The number of halogens is 3. The number of aromatic nitrogens is 2. The fraction of sp³-hybridized carbons (Fsp3) is 0.471. The van der Waals surface area contributed by atoms with Gasteiger partial charge in [-0.1, -0.05) is 29.4 Å². The minimum absolute atomic E-state index is 0.178.